The molecule has 1 aromatic rings. The first-order chi connectivity index (χ1) is 18.0. The van der Waals surface area contributed by atoms with Crippen LogP contribution in [0, 0.1) is 0 Å². The predicted molar refractivity (Wildman–Crippen MR) is 130 cm³/mol. The molecule has 0 bridgehead atoms. The van der Waals surface area contributed by atoms with E-state index in [1.807, 2.05) is 0 Å². The van der Waals surface area contributed by atoms with E-state index in [4.69, 9.17) is 4.74 Å². The van der Waals surface area contributed by atoms with E-state index in [0.717, 1.165) is 14.0 Å². The summed E-state index contributed by atoms with van der Waals surface area (Å²) in [6, 6.07) is 4.55. The molecule has 1 aliphatic rings. The van der Waals surface area contributed by atoms with Crippen LogP contribution in [-0.2, 0) is 19.1 Å². The molecule has 0 radical (unpaired) electrons. The van der Waals surface area contributed by atoms with Gasteiger partial charge in [-0.1, -0.05) is 0 Å². The van der Waals surface area contributed by atoms with Crippen LogP contribution >= 0.6 is 0 Å². The fourth-order valence-corrected chi connectivity index (χ4v) is 3.70. The van der Waals surface area contributed by atoms with Gasteiger partial charge in [-0.2, -0.15) is 0 Å². The number of amides is 1. The van der Waals surface area contributed by atoms with Crippen molar-refractivity contribution in [3.63, 3.8) is 0 Å². The molecule has 1 saturated heterocycles. The molecule has 1 fully saturated rings. The quantitative estimate of drug-likeness (QED) is 0.0503. The van der Waals surface area contributed by atoms with Gasteiger partial charge in [0.05, 0.1) is 0 Å². The van der Waals surface area contributed by atoms with Crippen LogP contribution in [-0.4, -0.2) is 109 Å². The topological polar surface area (TPSA) is 191 Å². The summed E-state index contributed by atoms with van der Waals surface area (Å²) in [5.74, 6) is -7.18. The summed E-state index contributed by atoms with van der Waals surface area (Å²) < 4.78 is 40.7. The van der Waals surface area contributed by atoms with Gasteiger partial charge in [-0.05, 0) is 0 Å². The molecule has 7 atom stereocenters. The zero-order chi connectivity index (χ0) is 28.5. The predicted octanol–water partition coefficient (Wildman–Crippen LogP) is -1.58. The summed E-state index contributed by atoms with van der Waals surface area (Å²) in [4.78, 5) is 40.7. The van der Waals surface area contributed by atoms with Crippen LogP contribution in [0.25, 0.3) is 0 Å². The minimum absolute atomic E-state index is 0.329. The van der Waals surface area contributed by atoms with Crippen molar-refractivity contribution in [1.82, 2.24) is 16.1 Å². The fourth-order valence-electron chi connectivity index (χ4n) is 3.70. The average molecular weight is 541 g/mol. The van der Waals surface area contributed by atoms with Gasteiger partial charge in [-0.15, -0.1) is 0 Å². The number of aliphatic hydroxyl groups is 3. The van der Waals surface area contributed by atoms with E-state index in [2.05, 4.69) is 30.8 Å². The molecule has 6 N–H and O–H groups in total. The number of guanidine groups is 1. The molecule has 1 aliphatic heterocycles. The first-order valence-corrected chi connectivity index (χ1v) is 11.5. The third kappa shape index (κ3) is 7.37. The van der Waals surface area contributed by atoms with Crippen LogP contribution in [0.4, 0.5) is 8.78 Å². The number of nitrogens with zero attached hydrogens (tertiary/aromatic N) is 2. The molecule has 38 heavy (non-hydrogen) atoms. The Balaban J connectivity index is 2.52. The molecular weight excluding hydrogens is 511 g/mol. The summed E-state index contributed by atoms with van der Waals surface area (Å²) >= 11 is 0. The molecule has 0 aromatic heterocycles. The molecule has 2 unspecified atom stereocenters. The molecule has 1 heterocycles. The molecule has 13 nitrogen and oxygen atoms in total. The Morgan fingerprint density at radius 1 is 1.21 bits per heavy atom. The second kappa shape index (κ2) is 14.0. The van der Waals surface area contributed by atoms with E-state index in [9.17, 15) is 29.7 Å². The third-order valence-corrected chi connectivity index (χ3v) is 5.55. The van der Waals surface area contributed by atoms with Crippen LogP contribution < -0.4 is 16.1 Å². The Hall–Kier alpha value is -3.34. The van der Waals surface area contributed by atoms with Crippen LogP contribution in [0.1, 0.15) is 17.3 Å². The number of carbonyl (C=O) groups excluding carboxylic acids is 3. The van der Waals surface area contributed by atoms with E-state index in [-0.39, 0.29) is 5.96 Å². The van der Waals surface area contributed by atoms with Crippen LogP contribution in [0.15, 0.2) is 40.3 Å². The minimum atomic E-state index is -3.82. The summed E-state index contributed by atoms with van der Waals surface area (Å²) in [5.41, 5.74) is 2.74. The van der Waals surface area contributed by atoms with Crippen molar-refractivity contribution < 1.29 is 48.0 Å². The van der Waals surface area contributed by atoms with Crippen LogP contribution in [0.2, 0.25) is 6.82 Å². The number of ether oxygens (including phenoxy) is 2. The number of esters is 1. The van der Waals surface area contributed by atoms with Gasteiger partial charge in [0, 0.05) is 0 Å². The maximum absolute atomic E-state index is 15.7. The molecule has 0 spiro atoms. The number of alkyl halides is 2. The van der Waals surface area contributed by atoms with E-state index >= 15 is 8.78 Å². The van der Waals surface area contributed by atoms with Gasteiger partial charge in [-0.25, -0.2) is 0 Å². The fraction of sp³-hybridized carbons (Fsp3) is 0.545. The SMILES string of the molecule is CB=NNC(=NCC(=O)c1ccccc1)NC1[C@@H](NC(C)=O)C([C@H](O)[C@H](O)CO)O[C@@](F)(C(=O)OC)[C@H]1F. The van der Waals surface area contributed by atoms with Gasteiger partial charge in [-0.3, -0.25) is 0 Å². The number of carbonyl (C=O) groups is 3. The van der Waals surface area contributed by atoms with Crippen molar-refractivity contribution in [2.45, 2.75) is 56.2 Å². The van der Waals surface area contributed by atoms with Gasteiger partial charge in [0.15, 0.2) is 0 Å². The van der Waals surface area contributed by atoms with Crippen molar-refractivity contribution in [1.29, 1.82) is 0 Å². The summed E-state index contributed by atoms with van der Waals surface area (Å²) in [6.45, 7) is 1.10. The van der Waals surface area contributed by atoms with Crippen molar-refractivity contribution in [3.8, 4) is 0 Å². The van der Waals surface area contributed by atoms with E-state index in [1.165, 1.54) is 13.9 Å². The first-order valence-electron chi connectivity index (χ1n) is 11.5. The van der Waals surface area contributed by atoms with E-state index in [1.54, 1.807) is 30.3 Å². The van der Waals surface area contributed by atoms with Crippen LogP contribution in [0.5, 0.6) is 0 Å². The normalized spacial score (nSPS) is 27.1. The number of hydrogen-bond acceptors (Lipinski definition) is 10. The summed E-state index contributed by atoms with van der Waals surface area (Å²) in [5, 5.41) is 38.3. The number of methoxy groups -OCH3 is 1. The van der Waals surface area contributed by atoms with Crippen LogP contribution in [0.3, 0.4) is 0 Å². The number of benzene rings is 1. The van der Waals surface area contributed by atoms with E-state index in [0.29, 0.717) is 5.56 Å². The number of halogens is 2. The Bertz CT molecular complexity index is 1040. The summed E-state index contributed by atoms with van der Waals surface area (Å²) in [7, 11) is 2.06. The third-order valence-electron chi connectivity index (χ3n) is 5.55. The van der Waals surface area contributed by atoms with Gasteiger partial charge in [0.1, 0.15) is 0 Å². The second-order valence-corrected chi connectivity index (χ2v) is 8.21. The Kier molecular flexibility index (Phi) is 11.4. The molecule has 1 aromatic carbocycles. The Labute approximate surface area is 217 Å². The van der Waals surface area contributed by atoms with E-state index < -0.39 is 73.2 Å². The zero-order valence-corrected chi connectivity index (χ0v) is 20.9. The first kappa shape index (κ1) is 30.9. The van der Waals surface area contributed by atoms with Crippen molar-refractivity contribution in [2.24, 2.45) is 10.00 Å². The second-order valence-electron chi connectivity index (χ2n) is 8.21. The molecule has 16 heteroatoms. The van der Waals surface area contributed by atoms with Crippen molar-refractivity contribution in [2.75, 3.05) is 20.3 Å². The number of ketones is 1. The van der Waals surface area contributed by atoms with Gasteiger partial charge in [0.2, 0.25) is 0 Å². The number of Topliss-reactive ketones (excluding diaryl/α,β-unsaturated/α-hetero) is 1. The Morgan fingerprint density at radius 3 is 2.42 bits per heavy atom. The molecule has 0 aliphatic carbocycles. The van der Waals surface area contributed by atoms with Gasteiger partial charge >= 0.3 is 217 Å². The molecular formula is C22H30BF2N5O8. The van der Waals surface area contributed by atoms with Crippen molar-refractivity contribution in [3.05, 3.63) is 35.9 Å². The number of aliphatic imine (C=N–C) groups is 1. The average Bonchev–Trinajstić information content (AvgIpc) is 2.92. The zero-order valence-electron chi connectivity index (χ0n) is 20.9. The van der Waals surface area contributed by atoms with Crippen molar-refractivity contribution >= 4 is 30.7 Å². The monoisotopic (exact) mass is 541 g/mol. The summed E-state index contributed by atoms with van der Waals surface area (Å²) in [6.07, 6.45) is -8.88. The van der Waals surface area contributed by atoms with Gasteiger partial charge in [0.25, 0.3) is 0 Å². The van der Waals surface area contributed by atoms with Gasteiger partial charge < -0.3 is 0 Å². The maximum atomic E-state index is 15.7. The number of nitrogens with one attached hydrogen (secondary N) is 3. The Morgan fingerprint density at radius 2 is 1.87 bits per heavy atom. The molecule has 208 valence electrons. The number of hydrogen-bond donors (Lipinski definition) is 6. The molecule has 1 amide bonds. The number of aliphatic hydroxyl groups excluding tert-OH is 3. The molecule has 0 saturated carbocycles. The number of rotatable bonds is 10. The standard InChI is InChI=1S/C22H30BF2N5O8/c1-11(32)27-15-16(19(24)22(25,20(36)37-3)38-18(15)17(35)14(34)10-31)28-21(29-30-23-2)26-9-13(33)12-7-5-4-6-8-12/h4-8,14-19,31,34-35H,9-10H2,1-3H3,(H,27,32)(H2,26,28,29)/t14-,15-,16?,17-,18?,19+,22-/m1/s1. The molecule has 2 rings (SSSR count).